The number of amides is 2. The number of primary amides is 1. The maximum absolute atomic E-state index is 12.5. The fourth-order valence-corrected chi connectivity index (χ4v) is 4.46. The van der Waals surface area contributed by atoms with Crippen LogP contribution in [0.4, 0.5) is 0 Å². The monoisotopic (exact) mass is 466 g/mol. The highest BCUT2D eigenvalue weighted by atomic mass is 32.1. The molecule has 1 unspecified atom stereocenters. The molecular weight excluding hydrogens is 436 g/mol. The molecule has 0 radical (unpaired) electrons. The lowest BCUT2D eigenvalue weighted by Crippen LogP contribution is -2.51. The van der Waals surface area contributed by atoms with Crippen LogP contribution in [0.15, 0.2) is 65.5 Å². The van der Waals surface area contributed by atoms with Gasteiger partial charge in [0.25, 0.3) is 5.56 Å². The Morgan fingerprint density at radius 3 is 2.15 bits per heavy atom. The third kappa shape index (κ3) is 6.40. The van der Waals surface area contributed by atoms with Gasteiger partial charge in [-0.1, -0.05) is 66.1 Å². The predicted molar refractivity (Wildman–Crippen MR) is 132 cm³/mol. The van der Waals surface area contributed by atoms with Crippen LogP contribution in [0.5, 0.6) is 0 Å². The van der Waals surface area contributed by atoms with Gasteiger partial charge in [-0.15, -0.1) is 0 Å². The van der Waals surface area contributed by atoms with Crippen LogP contribution in [0.2, 0.25) is 0 Å². The molecule has 1 heterocycles. The molecule has 0 saturated carbocycles. The Hall–Kier alpha value is -3.23. The summed E-state index contributed by atoms with van der Waals surface area (Å²) in [6, 6.07) is 16.9. The number of nitrogens with one attached hydrogen (secondary N) is 1. The Labute approximate surface area is 197 Å². The van der Waals surface area contributed by atoms with E-state index in [0.29, 0.717) is 6.42 Å². The molecule has 0 aliphatic carbocycles. The highest BCUT2D eigenvalue weighted by molar-refractivity contribution is 7.10. The van der Waals surface area contributed by atoms with Gasteiger partial charge >= 0.3 is 0 Å². The van der Waals surface area contributed by atoms with Gasteiger partial charge in [0.1, 0.15) is 6.04 Å². The van der Waals surface area contributed by atoms with E-state index >= 15 is 0 Å². The molecule has 8 heteroatoms. The molecule has 7 nitrogen and oxygen atoms in total. The highest BCUT2D eigenvalue weighted by Gasteiger charge is 2.23. The molecule has 1 aromatic heterocycles. The van der Waals surface area contributed by atoms with Crippen molar-refractivity contribution >= 4 is 23.3 Å². The molecule has 0 fully saturated rings. The smallest absolute Gasteiger partial charge is 0.261 e. The van der Waals surface area contributed by atoms with Crippen molar-refractivity contribution in [2.24, 2.45) is 11.5 Å². The van der Waals surface area contributed by atoms with Gasteiger partial charge in [0, 0.05) is 12.5 Å². The first-order chi connectivity index (χ1) is 15.5. The van der Waals surface area contributed by atoms with Crippen molar-refractivity contribution in [2.45, 2.75) is 51.2 Å². The van der Waals surface area contributed by atoms with Crippen LogP contribution >= 0.6 is 11.5 Å². The largest absolute Gasteiger partial charge is 0.368 e. The number of nitrogens with two attached hydrogens (primary N) is 2. The van der Waals surface area contributed by atoms with Gasteiger partial charge in [0.2, 0.25) is 11.8 Å². The Morgan fingerprint density at radius 2 is 1.61 bits per heavy atom. The van der Waals surface area contributed by atoms with E-state index in [4.69, 9.17) is 11.5 Å². The number of rotatable bonds is 8. The minimum Gasteiger partial charge on any atom is -0.368 e. The van der Waals surface area contributed by atoms with E-state index in [1.54, 1.807) is 10.0 Å². The van der Waals surface area contributed by atoms with E-state index in [0.717, 1.165) is 21.6 Å². The standard InChI is InChI=1S/C25H30N4O3S/c1-25(2,3)29-22(30)15-21(33-29)18-11-9-17(10-12-18)14-20(23(27)31)28-24(32)19(26)13-16-7-5-4-6-8-16/h4-12,15,19-20H,13-14,26H2,1-3H3,(H2,27,31)(H,28,32)/t19?,20-/m0/s1. The molecule has 0 aliphatic rings. The van der Waals surface area contributed by atoms with Gasteiger partial charge < -0.3 is 16.8 Å². The first-order valence-corrected chi connectivity index (χ1v) is 11.5. The van der Waals surface area contributed by atoms with Crippen LogP contribution in [0, 0.1) is 0 Å². The molecule has 3 rings (SSSR count). The fraction of sp³-hybridized carbons (Fsp3) is 0.320. The second-order valence-corrected chi connectivity index (χ2v) is 10.1. The summed E-state index contributed by atoms with van der Waals surface area (Å²) in [5.41, 5.74) is 13.9. The van der Waals surface area contributed by atoms with Crippen LogP contribution in [0.1, 0.15) is 31.9 Å². The minimum atomic E-state index is -0.872. The first kappa shape index (κ1) is 24.4. The molecule has 0 saturated heterocycles. The van der Waals surface area contributed by atoms with E-state index in [1.165, 1.54) is 11.5 Å². The number of carbonyl (C=O) groups is 2. The van der Waals surface area contributed by atoms with E-state index in [9.17, 15) is 14.4 Å². The van der Waals surface area contributed by atoms with Crippen molar-refractivity contribution in [2.75, 3.05) is 0 Å². The minimum absolute atomic E-state index is 0.0325. The third-order valence-corrected chi connectivity index (χ3v) is 6.69. The number of aromatic nitrogens is 1. The van der Waals surface area contributed by atoms with Crippen LogP contribution in [-0.4, -0.2) is 27.9 Å². The Morgan fingerprint density at radius 1 is 1.00 bits per heavy atom. The predicted octanol–water partition coefficient (Wildman–Crippen LogP) is 2.41. The van der Waals surface area contributed by atoms with Crippen LogP contribution in [0.25, 0.3) is 10.4 Å². The van der Waals surface area contributed by atoms with Gasteiger partial charge in [0.15, 0.2) is 0 Å². The summed E-state index contributed by atoms with van der Waals surface area (Å²) < 4.78 is 1.74. The first-order valence-electron chi connectivity index (χ1n) is 10.8. The number of nitrogens with zero attached hydrogens (tertiary/aromatic N) is 1. The molecule has 3 aromatic rings. The Bertz CT molecular complexity index is 1160. The average Bonchev–Trinajstić information content (AvgIpc) is 3.16. The Kier molecular flexibility index (Phi) is 7.50. The number of benzene rings is 2. The number of carbonyl (C=O) groups excluding carboxylic acids is 2. The molecule has 0 spiro atoms. The molecule has 2 atom stereocenters. The van der Waals surface area contributed by atoms with Gasteiger partial charge in [-0.25, -0.2) is 0 Å². The zero-order valence-corrected chi connectivity index (χ0v) is 19.9. The Balaban J connectivity index is 1.67. The van der Waals surface area contributed by atoms with E-state index in [1.807, 2.05) is 75.4 Å². The lowest BCUT2D eigenvalue weighted by atomic mass is 10.0. The second-order valence-electron chi connectivity index (χ2n) is 9.06. The van der Waals surface area contributed by atoms with Crippen LogP contribution in [-0.2, 0) is 28.0 Å². The summed E-state index contributed by atoms with van der Waals surface area (Å²) in [5, 5.41) is 2.68. The summed E-state index contributed by atoms with van der Waals surface area (Å²) >= 11 is 1.42. The average molecular weight is 467 g/mol. The summed E-state index contributed by atoms with van der Waals surface area (Å²) in [4.78, 5) is 37.7. The lowest BCUT2D eigenvalue weighted by Gasteiger charge is -2.19. The molecule has 2 amide bonds. The van der Waals surface area contributed by atoms with E-state index in [-0.39, 0.29) is 17.5 Å². The summed E-state index contributed by atoms with van der Waals surface area (Å²) in [7, 11) is 0. The van der Waals surface area contributed by atoms with E-state index < -0.39 is 23.9 Å². The summed E-state index contributed by atoms with van der Waals surface area (Å²) in [6.45, 7) is 5.96. The molecule has 5 N–H and O–H groups in total. The van der Waals surface area contributed by atoms with Crippen molar-refractivity contribution in [3.05, 3.63) is 82.1 Å². The normalized spacial score (nSPS) is 13.3. The third-order valence-electron chi connectivity index (χ3n) is 5.23. The molecule has 2 aromatic carbocycles. The topological polar surface area (TPSA) is 120 Å². The molecule has 0 aliphatic heterocycles. The van der Waals surface area contributed by atoms with Crippen LogP contribution in [0.3, 0.4) is 0 Å². The fourth-order valence-electron chi connectivity index (χ4n) is 3.45. The quantitative estimate of drug-likeness (QED) is 0.472. The second kappa shape index (κ2) is 10.1. The lowest BCUT2D eigenvalue weighted by molar-refractivity contribution is -0.128. The van der Waals surface area contributed by atoms with Crippen molar-refractivity contribution in [3.8, 4) is 10.4 Å². The summed E-state index contributed by atoms with van der Waals surface area (Å²) in [6.07, 6.45) is 0.614. The zero-order chi connectivity index (χ0) is 24.2. The van der Waals surface area contributed by atoms with Crippen molar-refractivity contribution in [1.82, 2.24) is 9.27 Å². The van der Waals surface area contributed by atoms with Gasteiger partial charge in [0.05, 0.1) is 16.5 Å². The van der Waals surface area contributed by atoms with Crippen molar-refractivity contribution in [3.63, 3.8) is 0 Å². The highest BCUT2D eigenvalue weighted by Crippen LogP contribution is 2.27. The van der Waals surface area contributed by atoms with Crippen molar-refractivity contribution < 1.29 is 9.59 Å². The molecule has 0 bridgehead atoms. The number of hydrogen-bond donors (Lipinski definition) is 3. The van der Waals surface area contributed by atoms with Gasteiger partial charge in [-0.05, 0) is 43.9 Å². The van der Waals surface area contributed by atoms with Crippen molar-refractivity contribution in [1.29, 1.82) is 0 Å². The molecule has 33 heavy (non-hydrogen) atoms. The maximum Gasteiger partial charge on any atom is 0.261 e. The van der Waals surface area contributed by atoms with Gasteiger partial charge in [-0.2, -0.15) is 0 Å². The number of hydrogen-bond acceptors (Lipinski definition) is 5. The van der Waals surface area contributed by atoms with Gasteiger partial charge in [-0.3, -0.25) is 18.3 Å². The van der Waals surface area contributed by atoms with E-state index in [2.05, 4.69) is 5.32 Å². The molecular formula is C25H30N4O3S. The SMILES string of the molecule is CC(C)(C)n1sc(-c2ccc(C[C@H](NC(=O)C(N)Cc3ccccc3)C(N)=O)cc2)cc1=O. The van der Waals surface area contributed by atoms with Crippen LogP contribution < -0.4 is 22.3 Å². The zero-order valence-electron chi connectivity index (χ0n) is 19.1. The molecule has 174 valence electrons. The summed E-state index contributed by atoms with van der Waals surface area (Å²) in [5.74, 6) is -1.05. The maximum atomic E-state index is 12.5.